The number of rotatable bonds is 6. The van der Waals surface area contributed by atoms with E-state index in [0.717, 1.165) is 10.0 Å². The number of carbonyl (C=O) groups is 2. The molecule has 2 amide bonds. The second-order valence-electron chi connectivity index (χ2n) is 7.69. The minimum atomic E-state index is -3.88. The Balaban J connectivity index is 1.79. The molecule has 0 heterocycles. The van der Waals surface area contributed by atoms with Crippen molar-refractivity contribution in [2.75, 3.05) is 18.9 Å². The van der Waals surface area contributed by atoms with E-state index < -0.39 is 20.5 Å². The summed E-state index contributed by atoms with van der Waals surface area (Å²) in [6.07, 6.45) is 1.85. The summed E-state index contributed by atoms with van der Waals surface area (Å²) >= 11 is 3.38. The number of amides is 2. The lowest BCUT2D eigenvalue weighted by Crippen LogP contribution is -2.52. The fourth-order valence-electron chi connectivity index (χ4n) is 3.96. The van der Waals surface area contributed by atoms with Crippen molar-refractivity contribution in [3.05, 3.63) is 58.6 Å². The molecule has 0 bridgehead atoms. The Labute approximate surface area is 185 Å². The molecular weight excluding hydrogens is 468 g/mol. The average molecular weight is 493 g/mol. The van der Waals surface area contributed by atoms with Crippen molar-refractivity contribution in [3.63, 3.8) is 0 Å². The van der Waals surface area contributed by atoms with Crippen molar-refractivity contribution in [1.29, 1.82) is 0 Å². The Morgan fingerprint density at radius 2 is 1.73 bits per heavy atom. The number of aryl methyl sites for hydroxylation is 1. The predicted octanol–water partition coefficient (Wildman–Crippen LogP) is 3.94. The maximum Gasteiger partial charge on any atom is 0.244 e. The number of benzene rings is 2. The first-order valence-corrected chi connectivity index (χ1v) is 12.1. The van der Waals surface area contributed by atoms with Crippen LogP contribution in [0.4, 0.5) is 5.69 Å². The number of hydrogen-bond donors (Lipinski definition) is 1. The average Bonchev–Trinajstić information content (AvgIpc) is 3.22. The Morgan fingerprint density at radius 3 is 2.33 bits per heavy atom. The maximum absolute atomic E-state index is 13.4. The van der Waals surface area contributed by atoms with Crippen molar-refractivity contribution in [1.82, 2.24) is 4.90 Å². The molecule has 1 aliphatic rings. The smallest absolute Gasteiger partial charge is 0.244 e. The van der Waals surface area contributed by atoms with E-state index in [9.17, 15) is 18.0 Å². The molecule has 0 saturated heterocycles. The monoisotopic (exact) mass is 492 g/mol. The summed E-state index contributed by atoms with van der Waals surface area (Å²) in [6.45, 7) is 1.65. The highest BCUT2D eigenvalue weighted by Gasteiger charge is 2.54. The third-order valence-corrected chi connectivity index (χ3v) is 8.56. The number of sulfone groups is 1. The largest absolute Gasteiger partial charge is 0.335 e. The van der Waals surface area contributed by atoms with Gasteiger partial charge in [0.2, 0.25) is 11.8 Å². The third kappa shape index (κ3) is 4.30. The molecule has 2 aromatic carbocycles. The van der Waals surface area contributed by atoms with E-state index in [2.05, 4.69) is 21.2 Å². The molecule has 2 aromatic rings. The number of halogens is 1. The fourth-order valence-corrected chi connectivity index (χ4v) is 6.62. The quantitative estimate of drug-likeness (QED) is 0.661. The molecule has 30 heavy (non-hydrogen) atoms. The normalized spacial score (nSPS) is 15.6. The highest BCUT2D eigenvalue weighted by Crippen LogP contribution is 2.41. The van der Waals surface area contributed by atoms with Crippen LogP contribution >= 0.6 is 15.9 Å². The molecule has 160 valence electrons. The van der Waals surface area contributed by atoms with Crippen LogP contribution in [0.25, 0.3) is 0 Å². The lowest BCUT2D eigenvalue weighted by atomic mass is 10.1. The fraction of sp³-hybridized carbons (Fsp3) is 0.364. The van der Waals surface area contributed by atoms with Crippen LogP contribution in [0.2, 0.25) is 0 Å². The van der Waals surface area contributed by atoms with Crippen LogP contribution in [0.1, 0.15) is 31.2 Å². The highest BCUT2D eigenvalue weighted by molar-refractivity contribution is 9.10. The van der Waals surface area contributed by atoms with Crippen molar-refractivity contribution >= 4 is 43.3 Å². The molecule has 0 spiro atoms. The van der Waals surface area contributed by atoms with Crippen LogP contribution in [0.3, 0.4) is 0 Å². The van der Waals surface area contributed by atoms with Gasteiger partial charge < -0.3 is 10.2 Å². The van der Waals surface area contributed by atoms with E-state index in [0.29, 0.717) is 18.5 Å². The molecule has 0 unspecified atom stereocenters. The summed E-state index contributed by atoms with van der Waals surface area (Å²) in [7, 11) is -2.40. The Kier molecular flexibility index (Phi) is 6.67. The zero-order chi connectivity index (χ0) is 21.9. The Hall–Kier alpha value is -2.19. The topological polar surface area (TPSA) is 83.6 Å². The van der Waals surface area contributed by atoms with Gasteiger partial charge in [-0.15, -0.1) is 0 Å². The van der Waals surface area contributed by atoms with Gasteiger partial charge in [0, 0.05) is 17.2 Å². The van der Waals surface area contributed by atoms with Gasteiger partial charge in [-0.2, -0.15) is 0 Å². The molecule has 0 aliphatic heterocycles. The molecule has 0 aromatic heterocycles. The summed E-state index contributed by atoms with van der Waals surface area (Å²) in [6, 6.07) is 13.6. The number of nitrogens with one attached hydrogen (secondary N) is 1. The number of carbonyl (C=O) groups excluding carboxylic acids is 2. The zero-order valence-corrected chi connectivity index (χ0v) is 19.4. The number of hydrogen-bond acceptors (Lipinski definition) is 4. The van der Waals surface area contributed by atoms with Crippen LogP contribution in [-0.4, -0.2) is 43.5 Å². The molecule has 0 atom stereocenters. The molecular formula is C22H25BrN2O4S. The Morgan fingerprint density at radius 1 is 1.10 bits per heavy atom. The SMILES string of the molecule is Cc1cc(Br)ccc1NC(=O)CN(C)C(=O)C1(S(=O)(=O)c2ccccc2)CCCC1. The first-order valence-electron chi connectivity index (χ1n) is 9.79. The van der Waals surface area contributed by atoms with E-state index in [-0.39, 0.29) is 30.2 Å². The van der Waals surface area contributed by atoms with Crippen LogP contribution in [-0.2, 0) is 19.4 Å². The molecule has 6 nitrogen and oxygen atoms in total. The van der Waals surface area contributed by atoms with Gasteiger partial charge in [0.05, 0.1) is 11.4 Å². The van der Waals surface area contributed by atoms with Gasteiger partial charge >= 0.3 is 0 Å². The van der Waals surface area contributed by atoms with E-state index in [1.165, 1.54) is 24.1 Å². The van der Waals surface area contributed by atoms with E-state index in [4.69, 9.17) is 0 Å². The van der Waals surface area contributed by atoms with Gasteiger partial charge in [-0.1, -0.05) is 47.0 Å². The molecule has 1 fully saturated rings. The van der Waals surface area contributed by atoms with Crippen molar-refractivity contribution in [2.24, 2.45) is 0 Å². The number of nitrogens with zero attached hydrogens (tertiary/aromatic N) is 1. The minimum Gasteiger partial charge on any atom is -0.335 e. The third-order valence-electron chi connectivity index (χ3n) is 5.56. The lowest BCUT2D eigenvalue weighted by molar-refractivity contribution is -0.135. The summed E-state index contributed by atoms with van der Waals surface area (Å²) in [5.41, 5.74) is 1.53. The molecule has 1 N–H and O–H groups in total. The first kappa shape index (κ1) is 22.5. The Bertz CT molecular complexity index is 1050. The standard InChI is InChI=1S/C22H25BrN2O4S/c1-16-14-17(23)10-11-19(16)24-20(26)15-25(2)21(27)22(12-6-7-13-22)30(28,29)18-8-4-3-5-9-18/h3-5,8-11,14H,6-7,12-13,15H2,1-2H3,(H,24,26). The molecule has 1 aliphatic carbocycles. The number of likely N-dealkylation sites (N-methyl/N-ethyl adjacent to an activating group) is 1. The molecule has 0 radical (unpaired) electrons. The zero-order valence-electron chi connectivity index (χ0n) is 17.0. The van der Waals surface area contributed by atoms with Crippen LogP contribution in [0.15, 0.2) is 57.9 Å². The van der Waals surface area contributed by atoms with Crippen LogP contribution in [0, 0.1) is 6.92 Å². The second-order valence-corrected chi connectivity index (χ2v) is 10.9. The molecule has 8 heteroatoms. The van der Waals surface area contributed by atoms with Crippen molar-refractivity contribution in [2.45, 2.75) is 42.2 Å². The summed E-state index contributed by atoms with van der Waals surface area (Å²) in [5.74, 6) is -0.895. The second kappa shape index (κ2) is 8.89. The summed E-state index contributed by atoms with van der Waals surface area (Å²) in [5, 5.41) is 2.79. The first-order chi connectivity index (χ1) is 14.2. The summed E-state index contributed by atoms with van der Waals surface area (Å²) < 4.78 is 26.2. The lowest BCUT2D eigenvalue weighted by Gasteiger charge is -2.31. The van der Waals surface area contributed by atoms with Crippen LogP contribution < -0.4 is 5.32 Å². The van der Waals surface area contributed by atoms with Crippen molar-refractivity contribution in [3.8, 4) is 0 Å². The van der Waals surface area contributed by atoms with Gasteiger partial charge in [0.15, 0.2) is 14.6 Å². The van der Waals surface area contributed by atoms with E-state index >= 15 is 0 Å². The van der Waals surface area contributed by atoms with Gasteiger partial charge in [-0.25, -0.2) is 8.42 Å². The van der Waals surface area contributed by atoms with Crippen LogP contribution in [0.5, 0.6) is 0 Å². The van der Waals surface area contributed by atoms with Gasteiger partial charge in [0.25, 0.3) is 0 Å². The van der Waals surface area contributed by atoms with E-state index in [1.807, 2.05) is 19.1 Å². The highest BCUT2D eigenvalue weighted by atomic mass is 79.9. The van der Waals surface area contributed by atoms with E-state index in [1.54, 1.807) is 24.3 Å². The minimum absolute atomic E-state index is 0.142. The van der Waals surface area contributed by atoms with Gasteiger partial charge in [0.1, 0.15) is 0 Å². The molecule has 1 saturated carbocycles. The van der Waals surface area contributed by atoms with Gasteiger partial charge in [-0.05, 0) is 55.7 Å². The predicted molar refractivity (Wildman–Crippen MR) is 120 cm³/mol. The van der Waals surface area contributed by atoms with Gasteiger partial charge in [-0.3, -0.25) is 9.59 Å². The summed E-state index contributed by atoms with van der Waals surface area (Å²) in [4.78, 5) is 27.3. The maximum atomic E-state index is 13.4. The van der Waals surface area contributed by atoms with Crippen molar-refractivity contribution < 1.29 is 18.0 Å². The molecule has 3 rings (SSSR count). The number of anilines is 1.